The molecule has 0 atom stereocenters. The Bertz CT molecular complexity index is 688. The minimum atomic E-state index is -1.02. The fraction of sp³-hybridized carbons (Fsp3) is 0.176. The minimum Gasteiger partial charge on any atom is -0.481 e. The number of allylic oxidation sites excluding steroid dienone is 2. The van der Waals surface area contributed by atoms with Gasteiger partial charge in [0, 0.05) is 24.4 Å². The highest BCUT2D eigenvalue weighted by atomic mass is 19.1. The molecule has 0 saturated heterocycles. The van der Waals surface area contributed by atoms with E-state index in [0.29, 0.717) is 17.2 Å². The van der Waals surface area contributed by atoms with Crippen molar-refractivity contribution in [3.05, 3.63) is 71.5 Å². The molecule has 1 aromatic rings. The first-order chi connectivity index (χ1) is 10.6. The van der Waals surface area contributed by atoms with Gasteiger partial charge in [0.25, 0.3) is 5.91 Å². The molecule has 0 unspecified atom stereocenters. The lowest BCUT2D eigenvalue weighted by Crippen LogP contribution is -2.25. The largest absolute Gasteiger partial charge is 0.481 e. The molecule has 0 radical (unpaired) electrons. The molecule has 4 nitrogen and oxygen atoms in total. The number of hydrogen-bond acceptors (Lipinski definition) is 2. The van der Waals surface area contributed by atoms with Gasteiger partial charge >= 0.3 is 5.97 Å². The summed E-state index contributed by atoms with van der Waals surface area (Å²) in [6, 6.07) is 2.52. The Balaban J connectivity index is 2.93. The summed E-state index contributed by atoms with van der Waals surface area (Å²) in [5, 5.41) is 8.72. The summed E-state index contributed by atoms with van der Waals surface area (Å²) in [5.74, 6) is -3.36. The standard InChI is InChI=1S/C17H17F2NO3/c1-10(11(2)6-16(21)22)5-12(3)20(4)17(23)13-7-14(18)9-15(19)8-13/h5,7-9H,2-3,6H2,1,4H3,(H,21,22)/b10-5-. The van der Waals surface area contributed by atoms with Crippen molar-refractivity contribution < 1.29 is 23.5 Å². The molecule has 0 bridgehead atoms. The summed E-state index contributed by atoms with van der Waals surface area (Å²) < 4.78 is 26.4. The Morgan fingerprint density at radius 3 is 2.22 bits per heavy atom. The predicted octanol–water partition coefficient (Wildman–Crippen LogP) is 3.53. The number of rotatable bonds is 6. The van der Waals surface area contributed by atoms with Gasteiger partial charge in [0.2, 0.25) is 0 Å². The van der Waals surface area contributed by atoms with Crippen molar-refractivity contribution in [3.63, 3.8) is 0 Å². The van der Waals surface area contributed by atoms with Crippen molar-refractivity contribution in [1.29, 1.82) is 0 Å². The normalized spacial score (nSPS) is 11.0. The summed E-state index contributed by atoms with van der Waals surface area (Å²) in [5.41, 5.74) is 1.00. The zero-order valence-electron chi connectivity index (χ0n) is 12.9. The van der Waals surface area contributed by atoms with Gasteiger partial charge in [0.15, 0.2) is 0 Å². The van der Waals surface area contributed by atoms with Gasteiger partial charge in [-0.2, -0.15) is 0 Å². The molecule has 0 aliphatic carbocycles. The van der Waals surface area contributed by atoms with Gasteiger partial charge in [0.05, 0.1) is 6.42 Å². The fourth-order valence-corrected chi connectivity index (χ4v) is 1.77. The van der Waals surface area contributed by atoms with Gasteiger partial charge in [-0.25, -0.2) is 8.78 Å². The third-order valence-corrected chi connectivity index (χ3v) is 3.15. The highest BCUT2D eigenvalue weighted by Gasteiger charge is 2.16. The number of likely N-dealkylation sites (N-methyl/N-ethyl adjacent to an activating group) is 1. The van der Waals surface area contributed by atoms with Gasteiger partial charge in [-0.1, -0.05) is 13.2 Å². The summed E-state index contributed by atoms with van der Waals surface area (Å²) in [6.07, 6.45) is 1.25. The Morgan fingerprint density at radius 2 is 1.74 bits per heavy atom. The Hall–Kier alpha value is -2.76. The van der Waals surface area contributed by atoms with Gasteiger partial charge in [0.1, 0.15) is 11.6 Å². The van der Waals surface area contributed by atoms with Gasteiger partial charge in [-0.3, -0.25) is 9.59 Å². The smallest absolute Gasteiger partial charge is 0.307 e. The van der Waals surface area contributed by atoms with Crippen molar-refractivity contribution in [2.24, 2.45) is 0 Å². The second-order valence-electron chi connectivity index (χ2n) is 5.02. The zero-order chi connectivity index (χ0) is 17.7. The zero-order valence-corrected chi connectivity index (χ0v) is 12.9. The highest BCUT2D eigenvalue weighted by molar-refractivity contribution is 5.95. The van der Waals surface area contributed by atoms with E-state index in [2.05, 4.69) is 13.2 Å². The number of carbonyl (C=O) groups excluding carboxylic acids is 1. The van der Waals surface area contributed by atoms with Crippen molar-refractivity contribution in [2.75, 3.05) is 7.05 Å². The van der Waals surface area contributed by atoms with Crippen molar-refractivity contribution in [1.82, 2.24) is 4.90 Å². The molecule has 1 N–H and O–H groups in total. The van der Waals surface area contributed by atoms with Crippen LogP contribution in [-0.4, -0.2) is 28.9 Å². The Kier molecular flexibility index (Phi) is 5.95. The Labute approximate surface area is 133 Å². The first-order valence-electron chi connectivity index (χ1n) is 6.63. The van der Waals surface area contributed by atoms with E-state index in [0.717, 1.165) is 17.0 Å². The molecule has 122 valence electrons. The van der Waals surface area contributed by atoms with E-state index in [4.69, 9.17) is 5.11 Å². The van der Waals surface area contributed by atoms with Crippen LogP contribution in [0, 0.1) is 11.6 Å². The quantitative estimate of drug-likeness (QED) is 0.816. The van der Waals surface area contributed by atoms with E-state index >= 15 is 0 Å². The molecule has 6 heteroatoms. The maximum Gasteiger partial charge on any atom is 0.307 e. The van der Waals surface area contributed by atoms with Gasteiger partial charge < -0.3 is 10.0 Å². The molecule has 0 saturated carbocycles. The van der Waals surface area contributed by atoms with Crippen LogP contribution in [0.2, 0.25) is 0 Å². The highest BCUT2D eigenvalue weighted by Crippen LogP contribution is 2.17. The second kappa shape index (κ2) is 7.49. The van der Waals surface area contributed by atoms with Gasteiger partial charge in [-0.15, -0.1) is 0 Å². The van der Waals surface area contributed by atoms with Crippen molar-refractivity contribution in [2.45, 2.75) is 13.3 Å². The number of halogens is 2. The summed E-state index contributed by atoms with van der Waals surface area (Å²) in [6.45, 7) is 8.98. The Morgan fingerprint density at radius 1 is 1.22 bits per heavy atom. The number of carboxylic acids is 1. The van der Waals surface area contributed by atoms with Crippen LogP contribution in [0.4, 0.5) is 8.78 Å². The number of benzene rings is 1. The monoisotopic (exact) mass is 321 g/mol. The summed E-state index contributed by atoms with van der Waals surface area (Å²) >= 11 is 0. The van der Waals surface area contributed by atoms with E-state index in [1.807, 2.05) is 0 Å². The maximum atomic E-state index is 13.2. The fourth-order valence-electron chi connectivity index (χ4n) is 1.77. The van der Waals surface area contributed by atoms with Crippen LogP contribution in [0.1, 0.15) is 23.7 Å². The van der Waals surface area contributed by atoms with E-state index in [1.165, 1.54) is 13.1 Å². The third kappa shape index (κ3) is 5.18. The van der Waals surface area contributed by atoms with Crippen LogP contribution in [0.3, 0.4) is 0 Å². The van der Waals surface area contributed by atoms with Crippen LogP contribution in [0.25, 0.3) is 0 Å². The average Bonchev–Trinajstić information content (AvgIpc) is 2.43. The van der Waals surface area contributed by atoms with Gasteiger partial charge in [-0.05, 0) is 36.3 Å². The van der Waals surface area contributed by atoms with E-state index in [1.54, 1.807) is 6.92 Å². The molecule has 23 heavy (non-hydrogen) atoms. The molecule has 0 aliphatic heterocycles. The van der Waals surface area contributed by atoms with Crippen LogP contribution < -0.4 is 0 Å². The number of hydrogen-bond donors (Lipinski definition) is 1. The lowest BCUT2D eigenvalue weighted by Gasteiger charge is -2.18. The van der Waals surface area contributed by atoms with E-state index < -0.39 is 23.5 Å². The minimum absolute atomic E-state index is 0.151. The van der Waals surface area contributed by atoms with Crippen LogP contribution in [-0.2, 0) is 4.79 Å². The topological polar surface area (TPSA) is 57.6 Å². The van der Waals surface area contributed by atoms with E-state index in [-0.39, 0.29) is 17.7 Å². The third-order valence-electron chi connectivity index (χ3n) is 3.15. The van der Waals surface area contributed by atoms with Crippen molar-refractivity contribution in [3.8, 4) is 0 Å². The number of aliphatic carboxylic acids is 1. The molecular formula is C17H17F2NO3. The molecule has 0 heterocycles. The lowest BCUT2D eigenvalue weighted by molar-refractivity contribution is -0.136. The van der Waals surface area contributed by atoms with Crippen molar-refractivity contribution >= 4 is 11.9 Å². The first kappa shape index (κ1) is 18.3. The molecule has 1 amide bonds. The SMILES string of the molecule is C=C(CC(=O)O)/C(C)=C\C(=C)N(C)C(=O)c1cc(F)cc(F)c1. The van der Waals surface area contributed by atoms with Crippen LogP contribution >= 0.6 is 0 Å². The second-order valence-corrected chi connectivity index (χ2v) is 5.02. The lowest BCUT2D eigenvalue weighted by atomic mass is 10.1. The predicted molar refractivity (Wildman–Crippen MR) is 82.7 cm³/mol. The number of nitrogens with zero attached hydrogens (tertiary/aromatic N) is 1. The molecule has 0 aromatic heterocycles. The summed E-state index contributed by atoms with van der Waals surface area (Å²) in [7, 11) is 1.40. The average molecular weight is 321 g/mol. The maximum absolute atomic E-state index is 13.2. The van der Waals surface area contributed by atoms with Crippen LogP contribution in [0.5, 0.6) is 0 Å². The summed E-state index contributed by atoms with van der Waals surface area (Å²) in [4.78, 5) is 24.0. The molecule has 0 aliphatic rings. The first-order valence-corrected chi connectivity index (χ1v) is 6.63. The number of carbonyl (C=O) groups is 2. The molecular weight excluding hydrogens is 304 g/mol. The molecule has 0 spiro atoms. The van der Waals surface area contributed by atoms with Crippen LogP contribution in [0.15, 0.2) is 54.3 Å². The molecule has 1 rings (SSSR count). The number of amides is 1. The van der Waals surface area contributed by atoms with E-state index in [9.17, 15) is 18.4 Å². The molecule has 0 fully saturated rings. The number of carboxylic acid groups (broad SMARTS) is 1. The molecule has 1 aromatic carbocycles.